The van der Waals surface area contributed by atoms with Gasteiger partial charge in [0.25, 0.3) is 0 Å². The number of anilines is 2. The molecule has 10 nitrogen and oxygen atoms in total. The second kappa shape index (κ2) is 10.4. The number of hydrazine groups is 1. The van der Waals surface area contributed by atoms with Gasteiger partial charge in [-0.2, -0.15) is 5.01 Å². The Labute approximate surface area is 201 Å². The minimum Gasteiger partial charge on any atom is -0.493 e. The van der Waals surface area contributed by atoms with E-state index in [0.29, 0.717) is 46.4 Å². The number of aromatic nitrogens is 2. The van der Waals surface area contributed by atoms with Crippen LogP contribution in [0.25, 0.3) is 10.9 Å². The van der Waals surface area contributed by atoms with Crippen molar-refractivity contribution in [3.63, 3.8) is 0 Å². The van der Waals surface area contributed by atoms with E-state index in [4.69, 9.17) is 14.2 Å². The van der Waals surface area contributed by atoms with Crippen LogP contribution in [-0.4, -0.2) is 36.6 Å². The number of nitrogens with zero attached hydrogens (tertiary/aromatic N) is 3. The Kier molecular flexibility index (Phi) is 6.91. The van der Waals surface area contributed by atoms with Crippen LogP contribution in [0.3, 0.4) is 0 Å². The number of carbonyl (C=O) groups is 2. The summed E-state index contributed by atoms with van der Waals surface area (Å²) in [4.78, 5) is 32.4. The number of nitrogens with one attached hydrogen (secondary N) is 2. The maximum absolute atomic E-state index is 12.8. The predicted molar refractivity (Wildman–Crippen MR) is 131 cm³/mol. The Morgan fingerprint density at radius 2 is 1.69 bits per heavy atom. The SMILES string of the molecule is COc1cc2nccc(Oc3ccc(NC(=O)N(NC=O)c4ncccc4C)cc3)c2cc1OC. The number of hydrogen-bond donors (Lipinski definition) is 2. The molecule has 3 amide bonds. The van der Waals surface area contributed by atoms with Gasteiger partial charge in [-0.1, -0.05) is 6.07 Å². The van der Waals surface area contributed by atoms with Crippen molar-refractivity contribution < 1.29 is 23.8 Å². The van der Waals surface area contributed by atoms with E-state index in [1.165, 1.54) is 6.20 Å². The average molecular weight is 473 g/mol. The molecule has 0 atom stereocenters. The Balaban J connectivity index is 1.52. The van der Waals surface area contributed by atoms with Crippen molar-refractivity contribution in [1.82, 2.24) is 15.4 Å². The molecule has 0 radical (unpaired) electrons. The van der Waals surface area contributed by atoms with Crippen molar-refractivity contribution in [2.75, 3.05) is 24.5 Å². The minimum atomic E-state index is -0.575. The van der Waals surface area contributed by atoms with Gasteiger partial charge >= 0.3 is 6.03 Å². The summed E-state index contributed by atoms with van der Waals surface area (Å²) < 4.78 is 16.8. The molecule has 0 saturated carbocycles. The number of carbonyl (C=O) groups excluding carboxylic acids is 2. The van der Waals surface area contributed by atoms with Crippen molar-refractivity contribution in [2.45, 2.75) is 6.92 Å². The van der Waals surface area contributed by atoms with Gasteiger partial charge in [0.2, 0.25) is 6.41 Å². The zero-order chi connectivity index (χ0) is 24.8. The summed E-state index contributed by atoms with van der Waals surface area (Å²) in [5.41, 5.74) is 4.28. The van der Waals surface area contributed by atoms with Crippen molar-refractivity contribution in [1.29, 1.82) is 0 Å². The van der Waals surface area contributed by atoms with Crippen LogP contribution in [0, 0.1) is 6.92 Å². The molecule has 0 aliphatic heterocycles. The molecule has 4 aromatic rings. The number of benzene rings is 2. The summed E-state index contributed by atoms with van der Waals surface area (Å²) in [6.45, 7) is 1.79. The van der Waals surface area contributed by atoms with Gasteiger partial charge in [0.1, 0.15) is 11.5 Å². The van der Waals surface area contributed by atoms with Gasteiger partial charge in [-0.25, -0.2) is 9.78 Å². The van der Waals surface area contributed by atoms with Crippen molar-refractivity contribution >= 4 is 34.8 Å². The number of pyridine rings is 2. The minimum absolute atomic E-state index is 0.314. The quantitative estimate of drug-likeness (QED) is 0.287. The Hall–Kier alpha value is -4.86. The molecule has 2 heterocycles. The highest BCUT2D eigenvalue weighted by Crippen LogP contribution is 2.37. The predicted octanol–water partition coefficient (Wildman–Crippen LogP) is 4.45. The van der Waals surface area contributed by atoms with E-state index >= 15 is 0 Å². The zero-order valence-corrected chi connectivity index (χ0v) is 19.3. The molecule has 4 rings (SSSR count). The molecule has 0 bridgehead atoms. The lowest BCUT2D eigenvalue weighted by molar-refractivity contribution is -0.109. The van der Waals surface area contributed by atoms with Crippen LogP contribution in [-0.2, 0) is 4.79 Å². The van der Waals surface area contributed by atoms with Gasteiger partial charge in [0.15, 0.2) is 17.3 Å². The number of fused-ring (bicyclic) bond motifs is 1. The van der Waals surface area contributed by atoms with Gasteiger partial charge in [-0.15, -0.1) is 0 Å². The fourth-order valence-electron chi connectivity index (χ4n) is 3.43. The smallest absolute Gasteiger partial charge is 0.346 e. The van der Waals surface area contributed by atoms with Crippen molar-refractivity contribution in [3.05, 3.63) is 72.6 Å². The summed E-state index contributed by atoms with van der Waals surface area (Å²) in [6, 6.07) is 15.1. The molecule has 2 aromatic heterocycles. The lowest BCUT2D eigenvalue weighted by Crippen LogP contribution is -2.45. The fraction of sp³-hybridized carbons (Fsp3) is 0.120. The van der Waals surface area contributed by atoms with Gasteiger partial charge in [-0.3, -0.25) is 15.2 Å². The van der Waals surface area contributed by atoms with Crippen LogP contribution >= 0.6 is 0 Å². The highest BCUT2D eigenvalue weighted by atomic mass is 16.5. The van der Waals surface area contributed by atoms with Crippen molar-refractivity contribution in [2.24, 2.45) is 0 Å². The first-order chi connectivity index (χ1) is 17.0. The number of amides is 3. The van der Waals surface area contributed by atoms with Gasteiger partial charge < -0.3 is 19.5 Å². The summed E-state index contributed by atoms with van der Waals surface area (Å²) in [7, 11) is 3.13. The van der Waals surface area contributed by atoms with Crippen LogP contribution in [0.5, 0.6) is 23.0 Å². The first-order valence-electron chi connectivity index (χ1n) is 10.5. The maximum atomic E-state index is 12.8. The number of methoxy groups -OCH3 is 2. The summed E-state index contributed by atoms with van der Waals surface area (Å²) in [5.74, 6) is 2.58. The van der Waals surface area contributed by atoms with Crippen LogP contribution in [0.15, 0.2) is 67.0 Å². The third-order valence-corrected chi connectivity index (χ3v) is 5.12. The average Bonchev–Trinajstić information content (AvgIpc) is 2.88. The number of urea groups is 1. The summed E-state index contributed by atoms with van der Waals surface area (Å²) in [5, 5.41) is 4.52. The number of hydrogen-bond acceptors (Lipinski definition) is 7. The second-order valence-electron chi connectivity index (χ2n) is 7.32. The number of rotatable bonds is 8. The zero-order valence-electron chi connectivity index (χ0n) is 19.3. The monoisotopic (exact) mass is 473 g/mol. The Bertz CT molecular complexity index is 1360. The largest absolute Gasteiger partial charge is 0.493 e. The molecule has 2 N–H and O–H groups in total. The molecule has 0 aliphatic carbocycles. The molecule has 0 aliphatic rings. The van der Waals surface area contributed by atoms with E-state index in [0.717, 1.165) is 16.0 Å². The Morgan fingerprint density at radius 1 is 0.943 bits per heavy atom. The van der Waals surface area contributed by atoms with Crippen molar-refractivity contribution in [3.8, 4) is 23.0 Å². The molecule has 0 unspecified atom stereocenters. The maximum Gasteiger partial charge on any atom is 0.346 e. The molecule has 35 heavy (non-hydrogen) atoms. The van der Waals surface area contributed by atoms with Crippen LogP contribution in [0.2, 0.25) is 0 Å². The molecular weight excluding hydrogens is 450 g/mol. The van der Waals surface area contributed by atoms with Gasteiger partial charge in [-0.05, 0) is 55.0 Å². The molecule has 0 spiro atoms. The first-order valence-corrected chi connectivity index (χ1v) is 10.5. The van der Waals surface area contributed by atoms with Gasteiger partial charge in [0, 0.05) is 29.5 Å². The van der Waals surface area contributed by atoms with Crippen LogP contribution < -0.4 is 30.0 Å². The normalized spacial score (nSPS) is 10.4. The molecule has 0 saturated heterocycles. The van der Waals surface area contributed by atoms with E-state index in [-0.39, 0.29) is 0 Å². The molecule has 10 heteroatoms. The molecule has 2 aromatic carbocycles. The standard InChI is InChI=1S/C25H23N5O5/c1-16-5-4-11-27-24(16)30(28-15-31)25(32)29-17-6-8-18(9-7-17)35-21-10-12-26-20-14-23(34-3)22(33-2)13-19(20)21/h4-15H,1-3H3,(H,28,31)(H,29,32). The summed E-state index contributed by atoms with van der Waals surface area (Å²) >= 11 is 0. The highest BCUT2D eigenvalue weighted by Gasteiger charge is 2.19. The lowest BCUT2D eigenvalue weighted by atomic mass is 10.2. The third kappa shape index (κ3) is 5.06. The van der Waals surface area contributed by atoms with E-state index < -0.39 is 6.03 Å². The first kappa shape index (κ1) is 23.3. The second-order valence-corrected chi connectivity index (χ2v) is 7.32. The molecule has 178 valence electrons. The number of aryl methyl sites for hydroxylation is 1. The number of ether oxygens (including phenoxy) is 3. The Morgan fingerprint density at radius 3 is 2.37 bits per heavy atom. The van der Waals surface area contributed by atoms with Gasteiger partial charge in [0.05, 0.1) is 19.7 Å². The van der Waals surface area contributed by atoms with E-state index in [9.17, 15) is 9.59 Å². The van der Waals surface area contributed by atoms with E-state index in [2.05, 4.69) is 20.7 Å². The van der Waals surface area contributed by atoms with Crippen LogP contribution in [0.1, 0.15) is 5.56 Å². The topological polar surface area (TPSA) is 115 Å². The highest BCUT2D eigenvalue weighted by molar-refractivity contribution is 6.01. The molecular formula is C25H23N5O5. The van der Waals surface area contributed by atoms with E-state index in [1.54, 1.807) is 81.9 Å². The third-order valence-electron chi connectivity index (χ3n) is 5.12. The summed E-state index contributed by atoms with van der Waals surface area (Å²) in [6.07, 6.45) is 3.59. The lowest BCUT2D eigenvalue weighted by Gasteiger charge is -2.21. The fourth-order valence-corrected chi connectivity index (χ4v) is 3.43. The molecule has 0 fully saturated rings. The van der Waals surface area contributed by atoms with E-state index in [1.807, 2.05) is 0 Å². The van der Waals surface area contributed by atoms with Crippen LogP contribution in [0.4, 0.5) is 16.3 Å².